The van der Waals surface area contributed by atoms with Crippen molar-refractivity contribution < 1.29 is 0 Å². The summed E-state index contributed by atoms with van der Waals surface area (Å²) in [6.07, 6.45) is 3.86. The van der Waals surface area contributed by atoms with Gasteiger partial charge in [-0.05, 0) is 12.6 Å². The van der Waals surface area contributed by atoms with Crippen LogP contribution in [0.15, 0.2) is 55.6 Å². The predicted octanol–water partition coefficient (Wildman–Crippen LogP) is 2.62. The van der Waals surface area contributed by atoms with Gasteiger partial charge in [0, 0.05) is 25.7 Å². The van der Waals surface area contributed by atoms with Crippen LogP contribution in [0.1, 0.15) is 11.6 Å². The van der Waals surface area contributed by atoms with Crippen molar-refractivity contribution in [2.24, 2.45) is 0 Å². The van der Waals surface area contributed by atoms with E-state index in [1.54, 1.807) is 0 Å². The van der Waals surface area contributed by atoms with E-state index in [2.05, 4.69) is 47.6 Å². The maximum absolute atomic E-state index is 3.79. The first-order chi connectivity index (χ1) is 8.31. The Hall–Kier alpha value is -1.38. The van der Waals surface area contributed by atoms with Crippen LogP contribution in [0.25, 0.3) is 0 Å². The molecule has 0 aliphatic heterocycles. The highest BCUT2D eigenvalue weighted by Crippen LogP contribution is 2.13. The van der Waals surface area contributed by atoms with Crippen LogP contribution in [0.3, 0.4) is 0 Å². The Labute approximate surface area is 105 Å². The Morgan fingerprint density at radius 3 is 2.24 bits per heavy atom. The van der Waals surface area contributed by atoms with Crippen molar-refractivity contribution in [3.63, 3.8) is 0 Å². The second-order valence-electron chi connectivity index (χ2n) is 4.05. The molecule has 1 aromatic carbocycles. The van der Waals surface area contributed by atoms with Crippen molar-refractivity contribution in [1.82, 2.24) is 10.2 Å². The molecule has 0 unspecified atom stereocenters. The predicted molar refractivity (Wildman–Crippen MR) is 75.1 cm³/mol. The third-order valence-electron chi connectivity index (χ3n) is 2.77. The van der Waals surface area contributed by atoms with Gasteiger partial charge in [0.15, 0.2) is 0 Å². The van der Waals surface area contributed by atoms with Gasteiger partial charge >= 0.3 is 0 Å². The molecule has 0 bridgehead atoms. The molecule has 1 N–H and O–H groups in total. The number of hydrogen-bond acceptors (Lipinski definition) is 2. The fraction of sp³-hybridized carbons (Fsp3) is 0.333. The Bertz CT molecular complexity index is 322. The van der Waals surface area contributed by atoms with E-state index in [9.17, 15) is 0 Å². The van der Waals surface area contributed by atoms with Gasteiger partial charge in [-0.15, -0.1) is 13.2 Å². The third-order valence-corrected chi connectivity index (χ3v) is 2.77. The lowest BCUT2D eigenvalue weighted by atomic mass is 10.1. The van der Waals surface area contributed by atoms with Crippen LogP contribution in [0.5, 0.6) is 0 Å². The second kappa shape index (κ2) is 7.82. The Kier molecular flexibility index (Phi) is 6.30. The summed E-state index contributed by atoms with van der Waals surface area (Å²) < 4.78 is 0. The zero-order chi connectivity index (χ0) is 12.5. The van der Waals surface area contributed by atoms with Crippen LogP contribution in [0.2, 0.25) is 0 Å². The van der Waals surface area contributed by atoms with Crippen molar-refractivity contribution in [3.05, 3.63) is 61.2 Å². The minimum atomic E-state index is 0.344. The normalized spacial score (nSPS) is 12.4. The van der Waals surface area contributed by atoms with Gasteiger partial charge in [0.2, 0.25) is 0 Å². The number of benzene rings is 1. The van der Waals surface area contributed by atoms with Crippen LogP contribution >= 0.6 is 0 Å². The molecule has 0 spiro atoms. The largest absolute Gasteiger partial charge is 0.312 e. The van der Waals surface area contributed by atoms with Gasteiger partial charge in [-0.2, -0.15) is 0 Å². The molecule has 0 aliphatic carbocycles. The molecule has 0 saturated heterocycles. The highest BCUT2D eigenvalue weighted by atomic mass is 15.1. The lowest BCUT2D eigenvalue weighted by Gasteiger charge is -2.25. The van der Waals surface area contributed by atoms with E-state index in [0.717, 1.165) is 19.6 Å². The molecular formula is C15H22N2. The number of rotatable bonds is 8. The topological polar surface area (TPSA) is 15.3 Å². The summed E-state index contributed by atoms with van der Waals surface area (Å²) in [6, 6.07) is 10.8. The summed E-state index contributed by atoms with van der Waals surface area (Å²) in [5, 5.41) is 3.36. The van der Waals surface area contributed by atoms with Crippen molar-refractivity contribution in [2.75, 3.05) is 26.7 Å². The van der Waals surface area contributed by atoms with Gasteiger partial charge in [-0.1, -0.05) is 42.5 Å². The fourth-order valence-electron chi connectivity index (χ4n) is 1.90. The zero-order valence-corrected chi connectivity index (χ0v) is 10.6. The Morgan fingerprint density at radius 1 is 1.18 bits per heavy atom. The molecule has 0 fully saturated rings. The molecule has 92 valence electrons. The second-order valence-corrected chi connectivity index (χ2v) is 4.05. The molecule has 0 aromatic heterocycles. The standard InChI is InChI=1S/C15H22N2/c1-4-11-17(12-5-2)13-15(16-3)14-9-7-6-8-10-14/h4-10,15-16H,1-2,11-13H2,3H3/t15-/m1/s1. The fourth-order valence-corrected chi connectivity index (χ4v) is 1.90. The van der Waals surface area contributed by atoms with Crippen LogP contribution < -0.4 is 5.32 Å². The molecule has 1 atom stereocenters. The lowest BCUT2D eigenvalue weighted by Crippen LogP contribution is -2.34. The average Bonchev–Trinajstić information content (AvgIpc) is 2.37. The molecule has 2 nitrogen and oxygen atoms in total. The number of nitrogens with one attached hydrogen (secondary N) is 1. The van der Waals surface area contributed by atoms with Crippen LogP contribution in [-0.4, -0.2) is 31.6 Å². The first-order valence-corrected chi connectivity index (χ1v) is 5.98. The zero-order valence-electron chi connectivity index (χ0n) is 10.6. The molecule has 0 heterocycles. The van der Waals surface area contributed by atoms with E-state index < -0.39 is 0 Å². The molecule has 0 amide bonds. The highest BCUT2D eigenvalue weighted by Gasteiger charge is 2.12. The molecule has 0 aliphatic rings. The third kappa shape index (κ3) is 4.55. The molecule has 1 rings (SSSR count). The monoisotopic (exact) mass is 230 g/mol. The Morgan fingerprint density at radius 2 is 1.76 bits per heavy atom. The first-order valence-electron chi connectivity index (χ1n) is 5.98. The van der Waals surface area contributed by atoms with Gasteiger partial charge in [0.05, 0.1) is 0 Å². The van der Waals surface area contributed by atoms with E-state index in [1.807, 2.05) is 25.3 Å². The number of nitrogens with zero attached hydrogens (tertiary/aromatic N) is 1. The van der Waals surface area contributed by atoms with Gasteiger partial charge in [-0.3, -0.25) is 4.90 Å². The molecule has 2 heteroatoms. The van der Waals surface area contributed by atoms with Gasteiger partial charge < -0.3 is 5.32 Å². The summed E-state index contributed by atoms with van der Waals surface area (Å²) >= 11 is 0. The smallest absolute Gasteiger partial charge is 0.0447 e. The summed E-state index contributed by atoms with van der Waals surface area (Å²) in [5.41, 5.74) is 1.31. The lowest BCUT2D eigenvalue weighted by molar-refractivity contribution is 0.296. The van der Waals surface area contributed by atoms with Crippen molar-refractivity contribution in [2.45, 2.75) is 6.04 Å². The van der Waals surface area contributed by atoms with Crippen LogP contribution in [0.4, 0.5) is 0 Å². The van der Waals surface area contributed by atoms with Crippen LogP contribution in [-0.2, 0) is 0 Å². The molecule has 0 saturated carbocycles. The van der Waals surface area contributed by atoms with Gasteiger partial charge in [0.1, 0.15) is 0 Å². The minimum Gasteiger partial charge on any atom is -0.312 e. The van der Waals surface area contributed by atoms with Crippen molar-refractivity contribution in [1.29, 1.82) is 0 Å². The maximum atomic E-state index is 3.79. The maximum Gasteiger partial charge on any atom is 0.0447 e. The summed E-state index contributed by atoms with van der Waals surface area (Å²) in [5.74, 6) is 0. The summed E-state index contributed by atoms with van der Waals surface area (Å²) in [4.78, 5) is 2.31. The number of likely N-dealkylation sites (N-methyl/N-ethyl adjacent to an activating group) is 1. The summed E-state index contributed by atoms with van der Waals surface area (Å²) in [6.45, 7) is 10.3. The van der Waals surface area contributed by atoms with E-state index in [4.69, 9.17) is 0 Å². The van der Waals surface area contributed by atoms with Crippen LogP contribution in [0, 0.1) is 0 Å². The first kappa shape index (κ1) is 13.7. The van der Waals surface area contributed by atoms with E-state index in [0.29, 0.717) is 6.04 Å². The summed E-state index contributed by atoms with van der Waals surface area (Å²) in [7, 11) is 2.00. The van der Waals surface area contributed by atoms with E-state index >= 15 is 0 Å². The number of hydrogen-bond donors (Lipinski definition) is 1. The quantitative estimate of drug-likeness (QED) is 0.691. The van der Waals surface area contributed by atoms with Gasteiger partial charge in [0.25, 0.3) is 0 Å². The molecule has 17 heavy (non-hydrogen) atoms. The SMILES string of the molecule is C=CCN(CC=C)C[C@@H](NC)c1ccccc1. The van der Waals surface area contributed by atoms with Gasteiger partial charge in [-0.25, -0.2) is 0 Å². The molecular weight excluding hydrogens is 208 g/mol. The van der Waals surface area contributed by atoms with E-state index in [1.165, 1.54) is 5.56 Å². The molecule has 1 aromatic rings. The van der Waals surface area contributed by atoms with Crippen molar-refractivity contribution in [3.8, 4) is 0 Å². The average molecular weight is 230 g/mol. The van der Waals surface area contributed by atoms with E-state index in [-0.39, 0.29) is 0 Å². The Balaban J connectivity index is 2.67. The minimum absolute atomic E-state index is 0.344. The van der Waals surface area contributed by atoms with Crippen molar-refractivity contribution >= 4 is 0 Å². The molecule has 0 radical (unpaired) electrons. The highest BCUT2D eigenvalue weighted by molar-refractivity contribution is 5.19.